The van der Waals surface area contributed by atoms with Crippen LogP contribution < -0.4 is 10.4 Å². The minimum Gasteiger partial charge on any atom is -0.416 e. The third-order valence-corrected chi connectivity index (χ3v) is 21.0. The van der Waals surface area contributed by atoms with Gasteiger partial charge in [-0.05, 0) is 103 Å². The highest BCUT2D eigenvalue weighted by atomic mass is 31.1. The van der Waals surface area contributed by atoms with E-state index in [1.54, 1.807) is 0 Å². The molecule has 0 aliphatic carbocycles. The molecule has 8 bridgehead atoms. The average molecular weight is 1070 g/mol. The molecule has 4 aromatic heterocycles. The zero-order valence-corrected chi connectivity index (χ0v) is 47.9. The number of hydrogen-bond acceptors (Lipinski definition) is 4. The number of fused-ring (bicyclic) bond motifs is 15. The summed E-state index contributed by atoms with van der Waals surface area (Å²) >= 11 is 0. The molecule has 0 radical (unpaired) electrons. The molecule has 2 N–H and O–H groups in total. The first-order valence-electron chi connectivity index (χ1n) is 27.2. The molecule has 6 heterocycles. The highest BCUT2D eigenvalue weighted by Crippen LogP contribution is 2.51. The monoisotopic (exact) mass is 1070 g/mol. The van der Waals surface area contributed by atoms with Gasteiger partial charge in [-0.2, -0.15) is 0 Å². The lowest BCUT2D eigenvalue weighted by Gasteiger charge is -2.20. The van der Waals surface area contributed by atoms with Crippen LogP contribution in [0.15, 0.2) is 209 Å². The highest BCUT2D eigenvalue weighted by molar-refractivity contribution is 7.46. The van der Waals surface area contributed by atoms with Gasteiger partial charge in [0.1, 0.15) is 11.2 Å². The van der Waals surface area contributed by atoms with Crippen molar-refractivity contribution in [1.29, 1.82) is 0 Å². The minimum atomic E-state index is -2.10. The fraction of sp³-hybridized carbons (Fsp3) is 0.0857. The first-order valence-corrected chi connectivity index (χ1v) is 35.3. The van der Waals surface area contributed by atoms with Crippen LogP contribution >= 0.6 is 8.01 Å². The number of nitrogens with one attached hydrogen (secondary N) is 2. The van der Waals surface area contributed by atoms with Crippen molar-refractivity contribution >= 4 is 124 Å². The largest absolute Gasteiger partial charge is 0.416 e. The molecule has 79 heavy (non-hydrogen) atoms. The number of benzene rings is 8. The van der Waals surface area contributed by atoms with E-state index in [1.807, 2.05) is 0 Å². The number of nitrogens with zero attached hydrogens (tertiary/aromatic N) is 2. The van der Waals surface area contributed by atoms with Crippen molar-refractivity contribution in [3.63, 3.8) is 0 Å². The molecule has 9 heteroatoms. The summed E-state index contributed by atoms with van der Waals surface area (Å²) in [5.74, 6) is 0. The van der Waals surface area contributed by atoms with Crippen LogP contribution in [0.4, 0.5) is 0 Å². The van der Waals surface area contributed by atoms with Crippen molar-refractivity contribution in [3.05, 3.63) is 223 Å². The van der Waals surface area contributed by atoms with Gasteiger partial charge in [-0.1, -0.05) is 209 Å². The molecule has 382 valence electrons. The van der Waals surface area contributed by atoms with Crippen molar-refractivity contribution in [2.75, 3.05) is 0 Å². The van der Waals surface area contributed by atoms with Gasteiger partial charge in [0.05, 0.1) is 44.2 Å². The molecule has 14 rings (SSSR count). The lowest BCUT2D eigenvalue weighted by Crippen LogP contribution is -2.38. The molecule has 0 atom stereocenters. The Morgan fingerprint density at radius 3 is 1.11 bits per heavy atom. The van der Waals surface area contributed by atoms with Crippen LogP contribution in [0.3, 0.4) is 0 Å². The fourth-order valence-electron chi connectivity index (χ4n) is 11.8. The summed E-state index contributed by atoms with van der Waals surface area (Å²) < 4.78 is 15.7. The van der Waals surface area contributed by atoms with Crippen molar-refractivity contribution in [2.24, 2.45) is 0 Å². The molecule has 8 aromatic carbocycles. The van der Waals surface area contributed by atoms with Gasteiger partial charge in [0.2, 0.25) is 0 Å². The van der Waals surface area contributed by atoms with Gasteiger partial charge >= 0.3 is 0 Å². The maximum Gasteiger partial charge on any atom is 0.253 e. The molecule has 2 aliphatic heterocycles. The van der Waals surface area contributed by atoms with E-state index in [4.69, 9.17) is 18.4 Å². The zero-order chi connectivity index (χ0) is 53.6. The number of hydrogen-bond donors (Lipinski definition) is 2. The zero-order valence-electron chi connectivity index (χ0n) is 45.0. The van der Waals surface area contributed by atoms with E-state index >= 15 is 0 Å². The quantitative estimate of drug-likeness (QED) is 0.156. The van der Waals surface area contributed by atoms with E-state index in [9.17, 15) is 0 Å². The van der Waals surface area contributed by atoms with Crippen LogP contribution in [0.5, 0.6) is 0 Å². The van der Waals surface area contributed by atoms with Gasteiger partial charge in [-0.25, -0.2) is 9.97 Å². The smallest absolute Gasteiger partial charge is 0.253 e. The van der Waals surface area contributed by atoms with Crippen molar-refractivity contribution in [3.8, 4) is 49.8 Å². The molecule has 2 aliphatic rings. The SMILES string of the molecule is C[Si](C)(C)c1cc2ccccc2c2c1op(-c1ccccc1-c1c3nc(c(-c4ccccc4)c4ccc([nH]4)c(-c4ccccc4)c4nc(c(-c5ccccc5)c5ccc1[nH]5)C=C4)C=C3)oc1c([Si](C)(C)C)cc3ccccc3c12. The molecular formula is C70H57N4O2PSi2. The lowest BCUT2D eigenvalue weighted by atomic mass is 9.98. The van der Waals surface area contributed by atoms with Crippen LogP contribution in [0.2, 0.25) is 39.3 Å². The van der Waals surface area contributed by atoms with E-state index in [0.717, 1.165) is 127 Å². The first kappa shape index (κ1) is 48.6. The Balaban J connectivity index is 1.16. The summed E-state index contributed by atoms with van der Waals surface area (Å²) in [6.07, 6.45) is 8.66. The molecule has 0 saturated carbocycles. The normalized spacial score (nSPS) is 12.6. The number of rotatable bonds is 7. The Morgan fingerprint density at radius 2 is 0.709 bits per heavy atom. The first-order chi connectivity index (χ1) is 38.4. The van der Waals surface area contributed by atoms with Gasteiger partial charge in [0.15, 0.2) is 0 Å². The summed E-state index contributed by atoms with van der Waals surface area (Å²) in [5, 5.41) is 10.5. The number of aromatic nitrogens is 4. The predicted octanol–water partition coefficient (Wildman–Crippen LogP) is 19.3. The third-order valence-electron chi connectivity index (χ3n) is 15.5. The Kier molecular flexibility index (Phi) is 11.7. The van der Waals surface area contributed by atoms with E-state index in [2.05, 4.69) is 274 Å². The Labute approximate surface area is 462 Å². The van der Waals surface area contributed by atoms with Gasteiger partial charge < -0.3 is 18.4 Å². The number of aromatic amines is 2. The van der Waals surface area contributed by atoms with E-state index in [-0.39, 0.29) is 0 Å². The van der Waals surface area contributed by atoms with Gasteiger partial charge in [-0.15, -0.1) is 0 Å². The molecule has 12 aromatic rings. The van der Waals surface area contributed by atoms with E-state index < -0.39 is 24.2 Å². The maximum atomic E-state index is 7.85. The Bertz CT molecular complexity index is 4580. The average Bonchev–Trinajstić information content (AvgIpc) is 4.53. The molecule has 0 amide bonds. The van der Waals surface area contributed by atoms with E-state index in [1.165, 1.54) is 21.1 Å². The van der Waals surface area contributed by atoms with Crippen molar-refractivity contribution in [2.45, 2.75) is 39.3 Å². The van der Waals surface area contributed by atoms with Gasteiger partial charge in [0, 0.05) is 60.7 Å². The Hall–Kier alpha value is -8.79. The second kappa shape index (κ2) is 19.0. The van der Waals surface area contributed by atoms with Crippen LogP contribution in [0.1, 0.15) is 22.8 Å². The fourth-order valence-corrected chi connectivity index (χ4v) is 16.4. The molecular weight excluding hydrogens is 1020 g/mol. The highest BCUT2D eigenvalue weighted by Gasteiger charge is 2.30. The lowest BCUT2D eigenvalue weighted by molar-refractivity contribution is 0.653. The van der Waals surface area contributed by atoms with Crippen molar-refractivity contribution < 1.29 is 8.39 Å². The van der Waals surface area contributed by atoms with Crippen molar-refractivity contribution in [1.82, 2.24) is 19.9 Å². The molecule has 0 saturated heterocycles. The van der Waals surface area contributed by atoms with Gasteiger partial charge in [-0.3, -0.25) is 0 Å². The summed E-state index contributed by atoms with van der Waals surface area (Å²) in [7, 11) is -6.04. The molecule has 0 spiro atoms. The maximum absolute atomic E-state index is 7.85. The second-order valence-corrected chi connectivity index (χ2v) is 34.2. The third kappa shape index (κ3) is 8.46. The minimum absolute atomic E-state index is 0.822. The summed E-state index contributed by atoms with van der Waals surface area (Å²) in [6.45, 7) is 14.6. The predicted molar refractivity (Wildman–Crippen MR) is 343 cm³/mol. The Morgan fingerprint density at radius 1 is 0.367 bits per heavy atom. The standard InChI is InChI=1S/C70H57N4O2PSi2/c1-78(2,3)61-42-47-28-16-18-30-49(47)67-68-50-31-19-17-29-48(50)43-62(79(4,5)6)70(68)76-77(75-69(61)67)60-33-21-20-32-51(60)66-58-40-38-56(73-58)64(45-24-12-8-13-25-45)54-36-34-52(71-54)63(44-22-10-7-11-23-44)53-35-37-55(72-53)65(46-26-14-9-15-27-46)57-39-41-59(66)74-57/h7-43,71,74H,1-6H3. The summed E-state index contributed by atoms with van der Waals surface area (Å²) in [6, 6.07) is 71.7. The van der Waals surface area contributed by atoms with Crippen LogP contribution in [-0.2, 0) is 0 Å². The molecule has 0 unspecified atom stereocenters. The van der Waals surface area contributed by atoms with Crippen LogP contribution in [0, 0.1) is 0 Å². The summed E-state index contributed by atoms with van der Waals surface area (Å²) in [5.41, 5.74) is 17.2. The topological polar surface area (TPSA) is 83.6 Å². The van der Waals surface area contributed by atoms with E-state index in [0.29, 0.717) is 0 Å². The molecule has 6 nitrogen and oxygen atoms in total. The number of H-pyrrole nitrogens is 2. The summed E-state index contributed by atoms with van der Waals surface area (Å²) in [4.78, 5) is 19.2. The van der Waals surface area contributed by atoms with Gasteiger partial charge in [0.25, 0.3) is 8.01 Å². The molecule has 0 fully saturated rings. The van der Waals surface area contributed by atoms with Crippen LogP contribution in [-0.4, -0.2) is 36.1 Å². The second-order valence-electron chi connectivity index (χ2n) is 22.8. The van der Waals surface area contributed by atoms with Crippen LogP contribution in [0.25, 0.3) is 140 Å².